The highest BCUT2D eigenvalue weighted by molar-refractivity contribution is 5.90. The Morgan fingerprint density at radius 1 is 0.940 bits per heavy atom. The fourth-order valence-corrected chi connectivity index (χ4v) is 7.14. The number of likely N-dealkylation sites (N-methyl/N-ethyl adjacent to an activating group) is 2. The molecule has 1 saturated heterocycles. The minimum atomic E-state index is -0.863. The molecule has 0 aromatic heterocycles. The first-order valence-electron chi connectivity index (χ1n) is 18.2. The average molecular weight is 704 g/mol. The molecule has 1 unspecified atom stereocenters. The summed E-state index contributed by atoms with van der Waals surface area (Å²) in [5, 5.41) is 19.6. The number of benzene rings is 1. The molecule has 1 aliphatic heterocycles. The first-order valence-corrected chi connectivity index (χ1v) is 18.2. The minimum absolute atomic E-state index is 0.0102. The highest BCUT2D eigenvalue weighted by Gasteiger charge is 2.41. The van der Waals surface area contributed by atoms with Crippen LogP contribution in [0.1, 0.15) is 92.2 Å². The van der Waals surface area contributed by atoms with Gasteiger partial charge >= 0.3 is 0 Å². The summed E-state index contributed by atoms with van der Waals surface area (Å²) in [6.07, 6.45) is 0.256. The Balaban J connectivity index is 2.19. The number of carbonyl (C=O) groups is 4. The van der Waals surface area contributed by atoms with Crippen LogP contribution in [0.2, 0.25) is 0 Å². The summed E-state index contributed by atoms with van der Waals surface area (Å²) in [6, 6.07) is 6.70. The first-order chi connectivity index (χ1) is 23.6. The fraction of sp³-hybridized carbons (Fsp3) is 0.737. The predicted molar refractivity (Wildman–Crippen MR) is 195 cm³/mol. The third kappa shape index (κ3) is 11.5. The summed E-state index contributed by atoms with van der Waals surface area (Å²) in [5.74, 6) is -1.01. The van der Waals surface area contributed by atoms with Crippen LogP contribution >= 0.6 is 0 Å². The van der Waals surface area contributed by atoms with E-state index in [2.05, 4.69) is 16.0 Å². The number of likely N-dealkylation sites (tertiary alicyclic amines) is 1. The van der Waals surface area contributed by atoms with Crippen LogP contribution in [0.25, 0.3) is 0 Å². The number of aliphatic hydroxyl groups excluding tert-OH is 1. The number of aliphatic hydroxyl groups is 1. The van der Waals surface area contributed by atoms with Gasteiger partial charge in [-0.3, -0.25) is 19.2 Å². The summed E-state index contributed by atoms with van der Waals surface area (Å²) in [7, 11) is 6.56. The lowest BCUT2D eigenvalue weighted by atomic mass is 9.89. The van der Waals surface area contributed by atoms with Crippen LogP contribution in [-0.4, -0.2) is 116 Å². The van der Waals surface area contributed by atoms with E-state index < -0.39 is 42.5 Å². The lowest BCUT2D eigenvalue weighted by molar-refractivity contribution is -0.147. The Morgan fingerprint density at radius 3 is 2.08 bits per heavy atom. The molecule has 12 heteroatoms. The first kappa shape index (κ1) is 43.1. The largest absolute Gasteiger partial charge is 0.386 e. The third-order valence-electron chi connectivity index (χ3n) is 10.3. The Labute approximate surface area is 300 Å². The second-order valence-corrected chi connectivity index (χ2v) is 14.5. The number of methoxy groups -OCH3 is 2. The molecular formula is C38H65N5O7. The van der Waals surface area contributed by atoms with Gasteiger partial charge in [0, 0.05) is 27.8 Å². The van der Waals surface area contributed by atoms with Crippen molar-refractivity contribution >= 4 is 23.6 Å². The van der Waals surface area contributed by atoms with Gasteiger partial charge in [-0.2, -0.15) is 0 Å². The molecule has 1 aliphatic rings. The van der Waals surface area contributed by atoms with Gasteiger partial charge in [-0.1, -0.05) is 78.3 Å². The van der Waals surface area contributed by atoms with Crippen LogP contribution in [0.4, 0.5) is 0 Å². The second kappa shape index (κ2) is 20.7. The van der Waals surface area contributed by atoms with Crippen LogP contribution in [0.5, 0.6) is 0 Å². The van der Waals surface area contributed by atoms with E-state index in [1.54, 1.807) is 45.0 Å². The van der Waals surface area contributed by atoms with Gasteiger partial charge in [0.2, 0.25) is 23.6 Å². The van der Waals surface area contributed by atoms with Crippen molar-refractivity contribution in [3.05, 3.63) is 35.9 Å². The molecule has 1 heterocycles. The summed E-state index contributed by atoms with van der Waals surface area (Å²) >= 11 is 0. The SMILES string of the molecule is CC[C@H](C)[C@@H]([C@@H](CC(=O)N1CCCC1[C@@H](CC(=O)N[C@H](C)[C@@H](O)c1ccccc1)OC)OC)N(C)C(=O)[C@@H](NC(=O)[C@@H](NC)C(C)C)C(C)C. The molecule has 0 aliphatic carbocycles. The van der Waals surface area contributed by atoms with Crippen molar-refractivity contribution in [1.82, 2.24) is 25.8 Å². The summed E-state index contributed by atoms with van der Waals surface area (Å²) < 4.78 is 11.8. The van der Waals surface area contributed by atoms with Gasteiger partial charge in [0.05, 0.1) is 55.3 Å². The molecule has 0 radical (unpaired) electrons. The number of hydrogen-bond acceptors (Lipinski definition) is 8. The Hall–Kier alpha value is -3.06. The van der Waals surface area contributed by atoms with Crippen LogP contribution in [0.15, 0.2) is 30.3 Å². The van der Waals surface area contributed by atoms with Crippen molar-refractivity contribution < 1.29 is 33.8 Å². The molecular weight excluding hydrogens is 638 g/mol. The summed E-state index contributed by atoms with van der Waals surface area (Å²) in [6.45, 7) is 14.1. The summed E-state index contributed by atoms with van der Waals surface area (Å²) in [4.78, 5) is 57.8. The third-order valence-corrected chi connectivity index (χ3v) is 10.3. The number of carbonyl (C=O) groups excluding carboxylic acids is 4. The maximum atomic E-state index is 14.1. The molecule has 12 nitrogen and oxygen atoms in total. The molecule has 284 valence electrons. The van der Waals surface area contributed by atoms with Crippen molar-refractivity contribution in [2.75, 3.05) is 34.9 Å². The van der Waals surface area contributed by atoms with Crippen molar-refractivity contribution in [1.29, 1.82) is 0 Å². The molecule has 0 spiro atoms. The fourth-order valence-electron chi connectivity index (χ4n) is 7.14. The molecule has 2 rings (SSSR count). The van der Waals surface area contributed by atoms with Crippen molar-refractivity contribution in [2.24, 2.45) is 17.8 Å². The van der Waals surface area contributed by atoms with Crippen LogP contribution < -0.4 is 16.0 Å². The molecule has 1 aromatic carbocycles. The maximum absolute atomic E-state index is 14.1. The molecule has 0 saturated carbocycles. The summed E-state index contributed by atoms with van der Waals surface area (Å²) in [5.41, 5.74) is 0.713. The van der Waals surface area contributed by atoms with Crippen LogP contribution in [0, 0.1) is 17.8 Å². The topological polar surface area (TPSA) is 150 Å². The molecule has 50 heavy (non-hydrogen) atoms. The monoisotopic (exact) mass is 703 g/mol. The van der Waals surface area contributed by atoms with E-state index in [4.69, 9.17) is 9.47 Å². The van der Waals surface area contributed by atoms with Gasteiger partial charge in [0.15, 0.2) is 0 Å². The van der Waals surface area contributed by atoms with Crippen molar-refractivity contribution in [3.8, 4) is 0 Å². The molecule has 9 atom stereocenters. The zero-order valence-corrected chi connectivity index (χ0v) is 32.3. The Morgan fingerprint density at radius 2 is 1.56 bits per heavy atom. The number of nitrogens with one attached hydrogen (secondary N) is 3. The van der Waals surface area contributed by atoms with Crippen LogP contribution in [-0.2, 0) is 28.7 Å². The zero-order chi connectivity index (χ0) is 37.7. The van der Waals surface area contributed by atoms with Gasteiger partial charge in [0.25, 0.3) is 0 Å². The van der Waals surface area contributed by atoms with Gasteiger partial charge in [0.1, 0.15) is 6.04 Å². The number of nitrogens with zero attached hydrogens (tertiary/aromatic N) is 2. The van der Waals surface area contributed by atoms with Gasteiger partial charge in [-0.15, -0.1) is 0 Å². The number of hydrogen-bond donors (Lipinski definition) is 4. The molecule has 4 N–H and O–H groups in total. The Bertz CT molecular complexity index is 1220. The van der Waals surface area contributed by atoms with Gasteiger partial charge in [-0.25, -0.2) is 0 Å². The van der Waals surface area contributed by atoms with E-state index >= 15 is 0 Å². The van der Waals surface area contributed by atoms with E-state index in [-0.39, 0.29) is 60.3 Å². The van der Waals surface area contributed by atoms with E-state index in [0.29, 0.717) is 18.5 Å². The molecule has 4 amide bonds. The molecule has 0 bridgehead atoms. The standard InChI is InChI=1S/C38H65N5O7/c1-12-25(6)35(42(9)38(48)34(24(4)5)41-37(47)33(39-8)23(2)3)30(50-11)22-32(45)43-20-16-19-28(43)29(49-10)21-31(44)40-26(7)36(46)27-17-14-13-15-18-27/h13-15,17-18,23-26,28-30,33-36,39,46H,12,16,19-22H2,1-11H3,(H,40,44)(H,41,47)/t25-,26+,28?,29+,30+,33-,34-,35-,36+/m0/s1. The average Bonchev–Trinajstić information content (AvgIpc) is 3.58. The maximum Gasteiger partial charge on any atom is 0.245 e. The van der Waals surface area contributed by atoms with Crippen LogP contribution in [0.3, 0.4) is 0 Å². The number of amides is 4. The second-order valence-electron chi connectivity index (χ2n) is 14.5. The van der Waals surface area contributed by atoms with E-state index in [0.717, 1.165) is 12.8 Å². The molecule has 1 fully saturated rings. The smallest absolute Gasteiger partial charge is 0.245 e. The van der Waals surface area contributed by atoms with Gasteiger partial charge in [-0.05, 0) is 50.1 Å². The van der Waals surface area contributed by atoms with E-state index in [1.165, 1.54) is 0 Å². The van der Waals surface area contributed by atoms with Gasteiger partial charge < -0.3 is 40.3 Å². The van der Waals surface area contributed by atoms with Crippen molar-refractivity contribution in [2.45, 2.75) is 129 Å². The number of rotatable bonds is 20. The lowest BCUT2D eigenvalue weighted by Gasteiger charge is -2.40. The minimum Gasteiger partial charge on any atom is -0.386 e. The number of ether oxygens (including phenoxy) is 2. The highest BCUT2D eigenvalue weighted by atomic mass is 16.5. The molecule has 1 aromatic rings. The normalized spacial score (nSPS) is 19.6. The quantitative estimate of drug-likeness (QED) is 0.162. The van der Waals surface area contributed by atoms with E-state index in [1.807, 2.05) is 71.9 Å². The Kier molecular flexibility index (Phi) is 17.9. The van der Waals surface area contributed by atoms with E-state index in [9.17, 15) is 24.3 Å². The van der Waals surface area contributed by atoms with Crippen molar-refractivity contribution in [3.63, 3.8) is 0 Å². The predicted octanol–water partition coefficient (Wildman–Crippen LogP) is 3.28. The zero-order valence-electron chi connectivity index (χ0n) is 32.3. The lowest BCUT2D eigenvalue weighted by Crippen LogP contribution is -2.59. The highest BCUT2D eigenvalue weighted by Crippen LogP contribution is 2.28.